The first kappa shape index (κ1) is 20.7. The second kappa shape index (κ2) is 7.31. The average Bonchev–Trinajstić information content (AvgIpc) is 2.94. The van der Waals surface area contributed by atoms with Crippen LogP contribution in [0.5, 0.6) is 0 Å². The number of nitrogens with one attached hydrogen (secondary N) is 2. The van der Waals surface area contributed by atoms with Crippen LogP contribution in [-0.4, -0.2) is 37.1 Å². The number of amides is 3. The molecule has 31 heavy (non-hydrogen) atoms. The van der Waals surface area contributed by atoms with Crippen molar-refractivity contribution in [2.75, 3.05) is 4.72 Å². The Labute approximate surface area is 177 Å². The number of benzene rings is 2. The molecule has 0 bridgehead atoms. The third kappa shape index (κ3) is 3.59. The van der Waals surface area contributed by atoms with Crippen molar-refractivity contribution >= 4 is 33.4 Å². The second-order valence-corrected chi connectivity index (χ2v) is 9.08. The Bertz CT molecular complexity index is 1270. The first-order valence-electron chi connectivity index (χ1n) is 9.38. The van der Waals surface area contributed by atoms with Gasteiger partial charge in [0.25, 0.3) is 21.8 Å². The summed E-state index contributed by atoms with van der Waals surface area (Å²) in [6.07, 6.45) is 0.680. The standard InChI is InChI=1S/C21H18FN3O5S/c1-11-3-7-16(22)18(9-11)31(29,30)24-13-5-6-14-15(10-13)21(28)25(20(14)27)17-8-4-12(2)23-19(17)26/h3,5-7,9-10,17,24H,2,4,8H2,1H3,(H,23,26). The molecule has 2 aliphatic heterocycles. The molecule has 2 aliphatic rings. The van der Waals surface area contributed by atoms with Crippen LogP contribution in [0.2, 0.25) is 0 Å². The van der Waals surface area contributed by atoms with E-state index in [9.17, 15) is 27.2 Å². The Hall–Kier alpha value is -3.53. The molecule has 2 N–H and O–H groups in total. The number of carbonyl (C=O) groups is 3. The molecule has 3 amide bonds. The molecule has 2 heterocycles. The Morgan fingerprint density at radius 2 is 1.81 bits per heavy atom. The maximum atomic E-state index is 14.1. The van der Waals surface area contributed by atoms with Gasteiger partial charge >= 0.3 is 0 Å². The van der Waals surface area contributed by atoms with Crippen LogP contribution in [-0.2, 0) is 14.8 Å². The number of allylic oxidation sites excluding steroid dienone is 1. The highest BCUT2D eigenvalue weighted by Crippen LogP contribution is 2.31. The molecule has 1 fully saturated rings. The summed E-state index contributed by atoms with van der Waals surface area (Å²) in [7, 11) is -4.27. The maximum absolute atomic E-state index is 14.1. The number of anilines is 1. The minimum absolute atomic E-state index is 0.0101. The highest BCUT2D eigenvalue weighted by atomic mass is 32.2. The van der Waals surface area contributed by atoms with E-state index in [2.05, 4.69) is 16.6 Å². The Morgan fingerprint density at radius 3 is 2.52 bits per heavy atom. The largest absolute Gasteiger partial charge is 0.329 e. The molecule has 1 unspecified atom stereocenters. The molecule has 8 nitrogen and oxygen atoms in total. The van der Waals surface area contributed by atoms with Gasteiger partial charge < -0.3 is 5.32 Å². The lowest BCUT2D eigenvalue weighted by atomic mass is 10.0. The molecule has 2 aromatic rings. The van der Waals surface area contributed by atoms with Crippen molar-refractivity contribution < 1.29 is 27.2 Å². The van der Waals surface area contributed by atoms with E-state index in [1.54, 1.807) is 6.92 Å². The van der Waals surface area contributed by atoms with E-state index in [0.29, 0.717) is 17.7 Å². The minimum Gasteiger partial charge on any atom is -0.329 e. The molecule has 0 saturated carbocycles. The molecule has 2 aromatic carbocycles. The highest BCUT2D eigenvalue weighted by Gasteiger charge is 2.44. The third-order valence-corrected chi connectivity index (χ3v) is 6.58. The van der Waals surface area contributed by atoms with Gasteiger partial charge in [-0.3, -0.25) is 24.0 Å². The SMILES string of the molecule is C=C1CCC(N2C(=O)c3ccc(NS(=O)(=O)c4cc(C)ccc4F)cc3C2=O)C(=O)N1. The number of rotatable bonds is 4. The number of hydrogen-bond donors (Lipinski definition) is 2. The summed E-state index contributed by atoms with van der Waals surface area (Å²) in [4.78, 5) is 38.2. The summed E-state index contributed by atoms with van der Waals surface area (Å²) in [6.45, 7) is 5.30. The molecule has 1 saturated heterocycles. The van der Waals surface area contributed by atoms with Gasteiger partial charge in [-0.1, -0.05) is 12.6 Å². The molecule has 1 atom stereocenters. The second-order valence-electron chi connectivity index (χ2n) is 7.43. The van der Waals surface area contributed by atoms with Crippen molar-refractivity contribution in [3.8, 4) is 0 Å². The predicted octanol–water partition coefficient (Wildman–Crippen LogP) is 2.32. The number of hydrogen-bond acceptors (Lipinski definition) is 5. The first-order valence-corrected chi connectivity index (χ1v) is 10.9. The lowest BCUT2D eigenvalue weighted by Gasteiger charge is -2.29. The summed E-state index contributed by atoms with van der Waals surface area (Å²) in [5.41, 5.74) is 1.08. The number of halogens is 1. The lowest BCUT2D eigenvalue weighted by Crippen LogP contribution is -2.51. The third-order valence-electron chi connectivity index (χ3n) is 5.18. The molecular formula is C21H18FN3O5S. The Balaban J connectivity index is 1.64. The molecule has 0 aliphatic carbocycles. The van der Waals surface area contributed by atoms with Crippen molar-refractivity contribution in [2.24, 2.45) is 0 Å². The number of carbonyl (C=O) groups excluding carboxylic acids is 3. The van der Waals surface area contributed by atoms with E-state index in [1.807, 2.05) is 0 Å². The predicted molar refractivity (Wildman–Crippen MR) is 109 cm³/mol. The smallest absolute Gasteiger partial charge is 0.264 e. The van der Waals surface area contributed by atoms with Gasteiger partial charge in [-0.15, -0.1) is 0 Å². The van der Waals surface area contributed by atoms with E-state index < -0.39 is 44.5 Å². The fourth-order valence-corrected chi connectivity index (χ4v) is 4.85. The molecule has 10 heteroatoms. The fraction of sp³-hybridized carbons (Fsp3) is 0.190. The van der Waals surface area contributed by atoms with Gasteiger partial charge in [-0.25, -0.2) is 12.8 Å². The van der Waals surface area contributed by atoms with Crippen molar-refractivity contribution in [1.82, 2.24) is 10.2 Å². The number of sulfonamides is 1. The van der Waals surface area contributed by atoms with Crippen LogP contribution in [0.25, 0.3) is 0 Å². The summed E-state index contributed by atoms with van der Waals surface area (Å²) < 4.78 is 41.6. The molecular weight excluding hydrogens is 425 g/mol. The molecule has 4 rings (SSSR count). The topological polar surface area (TPSA) is 113 Å². The maximum Gasteiger partial charge on any atom is 0.264 e. The van der Waals surface area contributed by atoms with Gasteiger partial charge in [-0.2, -0.15) is 0 Å². The monoisotopic (exact) mass is 443 g/mol. The Morgan fingerprint density at radius 1 is 1.10 bits per heavy atom. The number of piperidine rings is 1. The number of imide groups is 1. The van der Waals surface area contributed by atoms with Crippen LogP contribution in [0.15, 0.2) is 53.6 Å². The summed E-state index contributed by atoms with van der Waals surface area (Å²) in [5.74, 6) is -2.74. The lowest BCUT2D eigenvalue weighted by molar-refractivity contribution is -0.125. The number of nitrogens with zero attached hydrogens (tertiary/aromatic N) is 1. The van der Waals surface area contributed by atoms with Crippen molar-refractivity contribution in [2.45, 2.75) is 30.7 Å². The summed E-state index contributed by atoms with van der Waals surface area (Å²) in [5, 5.41) is 2.54. The summed E-state index contributed by atoms with van der Waals surface area (Å²) in [6, 6.07) is 6.54. The molecule has 160 valence electrons. The summed E-state index contributed by atoms with van der Waals surface area (Å²) >= 11 is 0. The quantitative estimate of drug-likeness (QED) is 0.705. The van der Waals surface area contributed by atoms with Gasteiger partial charge in [-0.05, 0) is 55.7 Å². The van der Waals surface area contributed by atoms with Gasteiger partial charge in [0.1, 0.15) is 16.8 Å². The van der Waals surface area contributed by atoms with Crippen molar-refractivity contribution in [3.63, 3.8) is 0 Å². The van der Waals surface area contributed by atoms with E-state index in [0.717, 1.165) is 11.0 Å². The van der Waals surface area contributed by atoms with E-state index in [-0.39, 0.29) is 23.2 Å². The van der Waals surface area contributed by atoms with Crippen LogP contribution in [0.3, 0.4) is 0 Å². The van der Waals surface area contributed by atoms with Crippen LogP contribution in [0, 0.1) is 12.7 Å². The fourth-order valence-electron chi connectivity index (χ4n) is 3.64. The van der Waals surface area contributed by atoms with Gasteiger partial charge in [0.2, 0.25) is 5.91 Å². The molecule has 0 spiro atoms. The van der Waals surface area contributed by atoms with Crippen LogP contribution in [0.4, 0.5) is 10.1 Å². The first-order chi connectivity index (χ1) is 14.6. The molecule has 0 aromatic heterocycles. The van der Waals surface area contributed by atoms with Crippen LogP contribution >= 0.6 is 0 Å². The zero-order chi connectivity index (χ0) is 22.5. The van der Waals surface area contributed by atoms with Gasteiger partial charge in [0, 0.05) is 11.4 Å². The molecule has 0 radical (unpaired) electrons. The van der Waals surface area contributed by atoms with Gasteiger partial charge in [0.05, 0.1) is 11.1 Å². The minimum atomic E-state index is -4.27. The van der Waals surface area contributed by atoms with E-state index >= 15 is 0 Å². The Kier molecular flexibility index (Phi) is 4.89. The van der Waals surface area contributed by atoms with E-state index in [4.69, 9.17) is 0 Å². The zero-order valence-electron chi connectivity index (χ0n) is 16.4. The van der Waals surface area contributed by atoms with Crippen LogP contribution in [0.1, 0.15) is 39.1 Å². The van der Waals surface area contributed by atoms with Crippen LogP contribution < -0.4 is 10.0 Å². The van der Waals surface area contributed by atoms with Crippen molar-refractivity contribution in [3.05, 3.63) is 71.2 Å². The number of aryl methyl sites for hydroxylation is 1. The highest BCUT2D eigenvalue weighted by molar-refractivity contribution is 7.92. The van der Waals surface area contributed by atoms with Crippen molar-refractivity contribution in [1.29, 1.82) is 0 Å². The average molecular weight is 443 g/mol. The number of fused-ring (bicyclic) bond motifs is 1. The zero-order valence-corrected chi connectivity index (χ0v) is 17.3. The normalized spacial score (nSPS) is 18.8. The van der Waals surface area contributed by atoms with Gasteiger partial charge in [0.15, 0.2) is 0 Å². The van der Waals surface area contributed by atoms with E-state index in [1.165, 1.54) is 30.3 Å².